The van der Waals surface area contributed by atoms with Crippen molar-refractivity contribution < 1.29 is 19.4 Å². The summed E-state index contributed by atoms with van der Waals surface area (Å²) in [6.45, 7) is 1.38. The summed E-state index contributed by atoms with van der Waals surface area (Å²) in [6.07, 6.45) is 1.98. The van der Waals surface area contributed by atoms with Gasteiger partial charge in [0.2, 0.25) is 5.91 Å². The van der Waals surface area contributed by atoms with Gasteiger partial charge >= 0.3 is 5.97 Å². The van der Waals surface area contributed by atoms with Crippen molar-refractivity contribution in [2.75, 3.05) is 6.61 Å². The molecule has 1 heterocycles. The lowest BCUT2D eigenvalue weighted by Crippen LogP contribution is -2.12. The van der Waals surface area contributed by atoms with E-state index < -0.39 is 18.5 Å². The standard InChI is InChI=1S/C16H14Cl2N2O4/c1-2-8-5-9(16(19)23)6-20-15(8)10-3-4-11(14(18)13(10)17)24-7-12(21)22/h3-6H,2,7H2,1H3,(H2,19,23)(H,21,22). The maximum atomic E-state index is 11.3. The zero-order valence-corrected chi connectivity index (χ0v) is 14.2. The third kappa shape index (κ3) is 3.77. The van der Waals surface area contributed by atoms with Crippen molar-refractivity contribution in [2.45, 2.75) is 13.3 Å². The molecule has 0 aliphatic heterocycles. The van der Waals surface area contributed by atoms with Gasteiger partial charge in [-0.2, -0.15) is 0 Å². The van der Waals surface area contributed by atoms with Gasteiger partial charge in [-0.05, 0) is 30.2 Å². The van der Waals surface area contributed by atoms with Gasteiger partial charge in [-0.15, -0.1) is 0 Å². The highest BCUT2D eigenvalue weighted by molar-refractivity contribution is 6.44. The van der Waals surface area contributed by atoms with Crippen LogP contribution in [0, 0.1) is 0 Å². The third-order valence-corrected chi connectivity index (χ3v) is 4.15. The fourth-order valence-electron chi connectivity index (χ4n) is 2.12. The molecule has 0 aliphatic rings. The summed E-state index contributed by atoms with van der Waals surface area (Å²) in [4.78, 5) is 26.1. The first kappa shape index (κ1) is 18.0. The lowest BCUT2D eigenvalue weighted by Gasteiger charge is -2.13. The van der Waals surface area contributed by atoms with Crippen LogP contribution in [0.5, 0.6) is 5.75 Å². The number of rotatable bonds is 6. The van der Waals surface area contributed by atoms with E-state index in [9.17, 15) is 9.59 Å². The van der Waals surface area contributed by atoms with E-state index in [-0.39, 0.29) is 15.8 Å². The number of carboxylic acids is 1. The SMILES string of the molecule is CCc1cc(C(N)=O)cnc1-c1ccc(OCC(=O)O)c(Cl)c1Cl. The van der Waals surface area contributed by atoms with Gasteiger partial charge in [-0.1, -0.05) is 30.1 Å². The molecule has 1 aromatic carbocycles. The number of amides is 1. The zero-order valence-electron chi connectivity index (χ0n) is 12.7. The molecule has 0 saturated carbocycles. The summed E-state index contributed by atoms with van der Waals surface area (Å²) in [6, 6.07) is 4.82. The Hall–Kier alpha value is -2.31. The molecule has 1 amide bonds. The van der Waals surface area contributed by atoms with E-state index >= 15 is 0 Å². The van der Waals surface area contributed by atoms with E-state index in [2.05, 4.69) is 4.98 Å². The van der Waals surface area contributed by atoms with Gasteiger partial charge in [-0.25, -0.2) is 4.79 Å². The molecule has 2 rings (SSSR count). The second-order valence-electron chi connectivity index (χ2n) is 4.87. The summed E-state index contributed by atoms with van der Waals surface area (Å²) in [7, 11) is 0. The molecule has 2 aromatic rings. The minimum Gasteiger partial charge on any atom is -0.480 e. The topological polar surface area (TPSA) is 103 Å². The highest BCUT2D eigenvalue weighted by Crippen LogP contribution is 2.40. The average molecular weight is 369 g/mol. The van der Waals surface area contributed by atoms with Crippen LogP contribution >= 0.6 is 23.2 Å². The minimum absolute atomic E-state index is 0.0956. The first-order chi connectivity index (χ1) is 11.3. The summed E-state index contributed by atoms with van der Waals surface area (Å²) >= 11 is 12.4. The Morgan fingerprint density at radius 2 is 2.00 bits per heavy atom. The van der Waals surface area contributed by atoms with Gasteiger partial charge in [0, 0.05) is 11.8 Å². The molecule has 3 N–H and O–H groups in total. The number of aryl methyl sites for hydroxylation is 1. The monoisotopic (exact) mass is 368 g/mol. The molecule has 1 aromatic heterocycles. The van der Waals surface area contributed by atoms with Gasteiger partial charge < -0.3 is 15.6 Å². The predicted octanol–water partition coefficient (Wildman–Crippen LogP) is 3.18. The molecule has 0 saturated heterocycles. The van der Waals surface area contributed by atoms with E-state index in [0.29, 0.717) is 23.2 Å². The van der Waals surface area contributed by atoms with Gasteiger partial charge in [0.25, 0.3) is 0 Å². The van der Waals surface area contributed by atoms with E-state index in [4.69, 9.17) is 38.8 Å². The van der Waals surface area contributed by atoms with Crippen LogP contribution in [0.25, 0.3) is 11.3 Å². The number of primary amides is 1. The van der Waals surface area contributed by atoms with E-state index in [0.717, 1.165) is 5.56 Å². The number of aliphatic carboxylic acids is 1. The Kier molecular flexibility index (Phi) is 5.64. The predicted molar refractivity (Wildman–Crippen MR) is 90.7 cm³/mol. The first-order valence-electron chi connectivity index (χ1n) is 6.96. The molecule has 0 spiro atoms. The molecule has 6 nitrogen and oxygen atoms in total. The summed E-state index contributed by atoms with van der Waals surface area (Å²) in [5, 5.41) is 8.94. The number of hydrogen-bond acceptors (Lipinski definition) is 4. The van der Waals surface area contributed by atoms with Crippen LogP contribution in [0.4, 0.5) is 0 Å². The molecule has 0 fully saturated rings. The molecule has 0 radical (unpaired) electrons. The van der Waals surface area contributed by atoms with Crippen LogP contribution in [0.15, 0.2) is 24.4 Å². The van der Waals surface area contributed by atoms with Crippen LogP contribution in [0.3, 0.4) is 0 Å². The lowest BCUT2D eigenvalue weighted by atomic mass is 10.0. The van der Waals surface area contributed by atoms with Gasteiger partial charge in [0.1, 0.15) is 10.8 Å². The second-order valence-corrected chi connectivity index (χ2v) is 5.63. The van der Waals surface area contributed by atoms with E-state index in [1.54, 1.807) is 12.1 Å². The molecule has 0 aliphatic carbocycles. The van der Waals surface area contributed by atoms with E-state index in [1.165, 1.54) is 12.3 Å². The number of halogens is 2. The molecule has 24 heavy (non-hydrogen) atoms. The lowest BCUT2D eigenvalue weighted by molar-refractivity contribution is -0.139. The normalized spacial score (nSPS) is 10.5. The van der Waals surface area contributed by atoms with Crippen molar-refractivity contribution in [2.24, 2.45) is 5.73 Å². The average Bonchev–Trinajstić information content (AvgIpc) is 2.55. The number of nitrogens with two attached hydrogens (primary N) is 1. The summed E-state index contributed by atoms with van der Waals surface area (Å²) in [5.41, 5.74) is 7.47. The summed E-state index contributed by atoms with van der Waals surface area (Å²) < 4.78 is 5.08. The van der Waals surface area contributed by atoms with E-state index in [1.807, 2.05) is 6.92 Å². The van der Waals surface area contributed by atoms with Crippen molar-refractivity contribution in [3.8, 4) is 17.0 Å². The van der Waals surface area contributed by atoms with Crippen LogP contribution < -0.4 is 10.5 Å². The number of carbonyl (C=O) groups excluding carboxylic acids is 1. The molecule has 0 atom stereocenters. The Labute approximate surface area is 148 Å². The molecule has 0 unspecified atom stereocenters. The quantitative estimate of drug-likeness (QED) is 0.814. The maximum absolute atomic E-state index is 11.3. The van der Waals surface area contributed by atoms with Crippen molar-refractivity contribution >= 4 is 35.1 Å². The molecule has 8 heteroatoms. The first-order valence-corrected chi connectivity index (χ1v) is 7.72. The van der Waals surface area contributed by atoms with Crippen molar-refractivity contribution in [1.82, 2.24) is 4.98 Å². The highest BCUT2D eigenvalue weighted by Gasteiger charge is 2.17. The van der Waals surface area contributed by atoms with Gasteiger partial charge in [0.15, 0.2) is 6.61 Å². The van der Waals surface area contributed by atoms with Gasteiger partial charge in [0.05, 0.1) is 16.3 Å². The fourth-order valence-corrected chi connectivity index (χ4v) is 2.59. The molecular formula is C16H14Cl2N2O4. The smallest absolute Gasteiger partial charge is 0.341 e. The van der Waals surface area contributed by atoms with Gasteiger partial charge in [-0.3, -0.25) is 9.78 Å². The number of benzene rings is 1. The number of carboxylic acid groups (broad SMARTS) is 1. The highest BCUT2D eigenvalue weighted by atomic mass is 35.5. The number of nitrogens with zero attached hydrogens (tertiary/aromatic N) is 1. The van der Waals surface area contributed by atoms with Crippen molar-refractivity contribution in [1.29, 1.82) is 0 Å². The minimum atomic E-state index is -1.12. The second kappa shape index (κ2) is 7.51. The Morgan fingerprint density at radius 3 is 2.58 bits per heavy atom. The van der Waals surface area contributed by atoms with Crippen LogP contribution in [0.1, 0.15) is 22.8 Å². The third-order valence-electron chi connectivity index (χ3n) is 3.29. The van der Waals surface area contributed by atoms with Crippen molar-refractivity contribution in [3.05, 3.63) is 45.6 Å². The maximum Gasteiger partial charge on any atom is 0.341 e. The molecule has 0 bridgehead atoms. The fraction of sp³-hybridized carbons (Fsp3) is 0.188. The summed E-state index contributed by atoms with van der Waals surface area (Å²) in [5.74, 6) is -1.52. The zero-order chi connectivity index (χ0) is 17.9. The Balaban J connectivity index is 2.48. The molecule has 126 valence electrons. The van der Waals surface area contributed by atoms with Crippen LogP contribution in [-0.2, 0) is 11.2 Å². The Bertz CT molecular complexity index is 809. The number of aromatic nitrogens is 1. The van der Waals surface area contributed by atoms with Crippen LogP contribution in [0.2, 0.25) is 10.0 Å². The van der Waals surface area contributed by atoms with Crippen molar-refractivity contribution in [3.63, 3.8) is 0 Å². The number of pyridine rings is 1. The molecular weight excluding hydrogens is 355 g/mol. The number of carbonyl (C=O) groups is 2. The Morgan fingerprint density at radius 1 is 1.29 bits per heavy atom. The largest absolute Gasteiger partial charge is 0.480 e. The number of ether oxygens (including phenoxy) is 1. The van der Waals surface area contributed by atoms with Crippen LogP contribution in [-0.4, -0.2) is 28.6 Å². The number of hydrogen-bond donors (Lipinski definition) is 2.